The third-order valence-corrected chi connectivity index (χ3v) is 4.48. The number of hydrogen-bond donors (Lipinski definition) is 2. The van der Waals surface area contributed by atoms with Gasteiger partial charge in [-0.2, -0.15) is 0 Å². The highest BCUT2D eigenvalue weighted by Crippen LogP contribution is 2.28. The summed E-state index contributed by atoms with van der Waals surface area (Å²) in [7, 11) is 0. The normalized spacial score (nSPS) is 22.6. The minimum Gasteiger partial charge on any atom is -0.322 e. The smallest absolute Gasteiger partial charge is 0.0938 e. The van der Waals surface area contributed by atoms with E-state index in [1.165, 1.54) is 0 Å². The van der Waals surface area contributed by atoms with Gasteiger partial charge in [0.15, 0.2) is 0 Å². The predicted octanol–water partition coefficient (Wildman–Crippen LogP) is 3.78. The molecule has 128 valence electrons. The van der Waals surface area contributed by atoms with Crippen molar-refractivity contribution in [1.29, 1.82) is 0 Å². The van der Waals surface area contributed by atoms with Gasteiger partial charge < -0.3 is 11.5 Å². The van der Waals surface area contributed by atoms with Crippen molar-refractivity contribution < 1.29 is 0 Å². The minimum absolute atomic E-state index is 0.144. The molecule has 0 saturated carbocycles. The van der Waals surface area contributed by atoms with Gasteiger partial charge in [0.05, 0.1) is 12.1 Å². The van der Waals surface area contributed by atoms with Crippen LogP contribution in [-0.4, -0.2) is 17.8 Å². The quantitative estimate of drug-likeness (QED) is 0.819. The molecule has 0 aliphatic heterocycles. The molecule has 2 aromatic carbocycles. The van der Waals surface area contributed by atoms with Crippen LogP contribution in [0.2, 0.25) is 0 Å². The second-order valence-electron chi connectivity index (χ2n) is 6.82. The van der Waals surface area contributed by atoms with Crippen LogP contribution >= 0.6 is 0 Å². The van der Waals surface area contributed by atoms with Gasteiger partial charge in [-0.25, -0.2) is 0 Å². The van der Waals surface area contributed by atoms with E-state index in [1.54, 1.807) is 0 Å². The van der Waals surface area contributed by atoms with E-state index < -0.39 is 0 Å². The summed E-state index contributed by atoms with van der Waals surface area (Å²) in [5.41, 5.74) is 15.7. The molecule has 3 heteroatoms. The lowest BCUT2D eigenvalue weighted by Crippen LogP contribution is -2.36. The highest BCUT2D eigenvalue weighted by Gasteiger charge is 2.25. The molecule has 1 aliphatic carbocycles. The Bertz CT molecular complexity index is 773. The van der Waals surface area contributed by atoms with E-state index >= 15 is 0 Å². The Morgan fingerprint density at radius 3 is 2.28 bits per heavy atom. The standard InChI is InChI=1S/C22H25N3/c1-22(24)14-12-19(13-15-22)21(20(23)18-10-6-3-7-11-18)25-16-17-8-4-2-5-9-17/h2-14,16,20-21H,15,23-24H2,1H3/t20?,21-,22?/m1/s1. The van der Waals surface area contributed by atoms with E-state index in [-0.39, 0.29) is 17.6 Å². The minimum atomic E-state index is -0.298. The maximum absolute atomic E-state index is 6.58. The van der Waals surface area contributed by atoms with Gasteiger partial charge in [0.1, 0.15) is 0 Å². The summed E-state index contributed by atoms with van der Waals surface area (Å²) in [6, 6.07) is 19.9. The Labute approximate surface area is 149 Å². The van der Waals surface area contributed by atoms with Gasteiger partial charge in [-0.1, -0.05) is 78.9 Å². The molecule has 3 atom stereocenters. The van der Waals surface area contributed by atoms with Gasteiger partial charge in [-0.3, -0.25) is 4.99 Å². The molecule has 0 fully saturated rings. The first-order valence-corrected chi connectivity index (χ1v) is 8.62. The van der Waals surface area contributed by atoms with Gasteiger partial charge in [0.25, 0.3) is 0 Å². The summed E-state index contributed by atoms with van der Waals surface area (Å²) in [4.78, 5) is 4.83. The third kappa shape index (κ3) is 4.53. The first kappa shape index (κ1) is 17.3. The van der Waals surface area contributed by atoms with Crippen molar-refractivity contribution in [3.05, 3.63) is 95.6 Å². The fraction of sp³-hybridized carbons (Fsp3) is 0.227. The summed E-state index contributed by atoms with van der Waals surface area (Å²) in [6.45, 7) is 2.02. The molecule has 4 N–H and O–H groups in total. The zero-order valence-electron chi connectivity index (χ0n) is 14.5. The van der Waals surface area contributed by atoms with Crippen LogP contribution in [0.4, 0.5) is 0 Å². The lowest BCUT2D eigenvalue weighted by molar-refractivity contribution is 0.566. The molecule has 0 bridgehead atoms. The second kappa shape index (κ2) is 7.60. The van der Waals surface area contributed by atoms with Gasteiger partial charge in [-0.15, -0.1) is 0 Å². The number of benzene rings is 2. The molecule has 3 rings (SSSR count). The average Bonchev–Trinajstić information content (AvgIpc) is 2.64. The number of hydrogen-bond acceptors (Lipinski definition) is 3. The zero-order valence-corrected chi connectivity index (χ0v) is 14.5. The van der Waals surface area contributed by atoms with Crippen molar-refractivity contribution in [2.75, 3.05) is 0 Å². The van der Waals surface area contributed by atoms with E-state index in [4.69, 9.17) is 16.5 Å². The van der Waals surface area contributed by atoms with Crippen LogP contribution in [-0.2, 0) is 0 Å². The van der Waals surface area contributed by atoms with Gasteiger partial charge in [-0.05, 0) is 30.0 Å². The van der Waals surface area contributed by atoms with E-state index in [2.05, 4.69) is 24.3 Å². The van der Waals surface area contributed by atoms with E-state index in [1.807, 2.05) is 67.7 Å². The van der Waals surface area contributed by atoms with Crippen LogP contribution in [0, 0.1) is 0 Å². The van der Waals surface area contributed by atoms with E-state index in [9.17, 15) is 0 Å². The van der Waals surface area contributed by atoms with Crippen LogP contribution < -0.4 is 11.5 Å². The Morgan fingerprint density at radius 2 is 1.68 bits per heavy atom. The summed E-state index contributed by atoms with van der Waals surface area (Å²) in [5.74, 6) is 0. The largest absolute Gasteiger partial charge is 0.322 e. The molecule has 2 aromatic rings. The van der Waals surface area contributed by atoms with Crippen LogP contribution in [0.25, 0.3) is 0 Å². The SMILES string of the molecule is CC1(N)C=CC([C@@H](N=Cc2ccccc2)C(N)c2ccccc2)=CC1. The molecule has 0 heterocycles. The van der Waals surface area contributed by atoms with Crippen LogP contribution in [0.5, 0.6) is 0 Å². The van der Waals surface area contributed by atoms with Crippen LogP contribution in [0.15, 0.2) is 89.5 Å². The fourth-order valence-corrected chi connectivity index (χ4v) is 2.93. The summed E-state index contributed by atoms with van der Waals surface area (Å²) in [6.07, 6.45) is 8.97. The maximum Gasteiger partial charge on any atom is 0.0938 e. The molecule has 0 aromatic heterocycles. The molecule has 25 heavy (non-hydrogen) atoms. The Morgan fingerprint density at radius 1 is 1.04 bits per heavy atom. The molecule has 0 saturated heterocycles. The number of nitrogens with two attached hydrogens (primary N) is 2. The highest BCUT2D eigenvalue weighted by molar-refractivity contribution is 5.79. The Kier molecular flexibility index (Phi) is 5.27. The molecule has 0 radical (unpaired) electrons. The first-order chi connectivity index (χ1) is 12.1. The molecule has 3 nitrogen and oxygen atoms in total. The lowest BCUT2D eigenvalue weighted by Gasteiger charge is -2.28. The second-order valence-corrected chi connectivity index (χ2v) is 6.82. The molecular weight excluding hydrogens is 306 g/mol. The van der Waals surface area contributed by atoms with Crippen molar-refractivity contribution >= 4 is 6.21 Å². The highest BCUT2D eigenvalue weighted by atomic mass is 14.9. The number of nitrogens with zero attached hydrogens (tertiary/aromatic N) is 1. The van der Waals surface area contributed by atoms with Crippen molar-refractivity contribution in [1.82, 2.24) is 0 Å². The van der Waals surface area contributed by atoms with Crippen molar-refractivity contribution in [2.24, 2.45) is 16.5 Å². The van der Waals surface area contributed by atoms with Crippen molar-refractivity contribution in [2.45, 2.75) is 31.0 Å². The first-order valence-electron chi connectivity index (χ1n) is 8.62. The van der Waals surface area contributed by atoms with Crippen molar-refractivity contribution in [3.8, 4) is 0 Å². The molecular formula is C22H25N3. The van der Waals surface area contributed by atoms with Gasteiger partial charge in [0, 0.05) is 11.8 Å². The number of rotatable bonds is 5. The molecule has 2 unspecified atom stereocenters. The van der Waals surface area contributed by atoms with Gasteiger partial charge in [0.2, 0.25) is 0 Å². The average molecular weight is 331 g/mol. The van der Waals surface area contributed by atoms with Crippen molar-refractivity contribution in [3.63, 3.8) is 0 Å². The zero-order chi connectivity index (χ0) is 17.7. The van der Waals surface area contributed by atoms with E-state index in [0.29, 0.717) is 0 Å². The summed E-state index contributed by atoms with van der Waals surface area (Å²) < 4.78 is 0. The third-order valence-electron chi connectivity index (χ3n) is 4.48. The fourth-order valence-electron chi connectivity index (χ4n) is 2.93. The molecule has 1 aliphatic rings. The number of aliphatic imine (C=N–C) groups is 1. The predicted molar refractivity (Wildman–Crippen MR) is 106 cm³/mol. The molecule has 0 spiro atoms. The Balaban J connectivity index is 1.90. The monoisotopic (exact) mass is 331 g/mol. The van der Waals surface area contributed by atoms with Crippen LogP contribution in [0.1, 0.15) is 30.5 Å². The van der Waals surface area contributed by atoms with E-state index in [0.717, 1.165) is 23.1 Å². The molecule has 0 amide bonds. The van der Waals surface area contributed by atoms with Gasteiger partial charge >= 0.3 is 0 Å². The lowest BCUT2D eigenvalue weighted by atomic mass is 9.86. The topological polar surface area (TPSA) is 64.4 Å². The van der Waals surface area contributed by atoms with Crippen LogP contribution in [0.3, 0.4) is 0 Å². The maximum atomic E-state index is 6.58. The Hall–Kier alpha value is -2.49. The summed E-state index contributed by atoms with van der Waals surface area (Å²) >= 11 is 0. The summed E-state index contributed by atoms with van der Waals surface area (Å²) in [5, 5.41) is 0.